The van der Waals surface area contributed by atoms with E-state index in [1.807, 2.05) is 58.3 Å². The molecule has 5 rings (SSSR count). The molecule has 3 heterocycles. The van der Waals surface area contributed by atoms with Gasteiger partial charge in [0.25, 0.3) is 5.91 Å². The van der Waals surface area contributed by atoms with Gasteiger partial charge in [0.2, 0.25) is 5.91 Å². The molecule has 3 aliphatic heterocycles. The molecule has 200 valence electrons. The van der Waals surface area contributed by atoms with Crippen LogP contribution in [-0.4, -0.2) is 75.2 Å². The second-order valence-corrected chi connectivity index (χ2v) is 10.2. The summed E-state index contributed by atoms with van der Waals surface area (Å²) in [5.41, 5.74) is 1.71. The fourth-order valence-corrected chi connectivity index (χ4v) is 5.64. The zero-order valence-electron chi connectivity index (χ0n) is 22.2. The van der Waals surface area contributed by atoms with Gasteiger partial charge in [-0.15, -0.1) is 0 Å². The average Bonchev–Trinajstić information content (AvgIpc) is 2.94. The zero-order valence-corrected chi connectivity index (χ0v) is 22.2. The number of methoxy groups -OCH3 is 2. The van der Waals surface area contributed by atoms with E-state index in [0.717, 1.165) is 56.5 Å². The molecule has 7 heteroatoms. The highest BCUT2D eigenvalue weighted by Gasteiger charge is 2.36. The molecular formula is C30H40N2O5. The minimum absolute atomic E-state index is 0.0150. The first-order valence-corrected chi connectivity index (χ1v) is 13.4. The van der Waals surface area contributed by atoms with Crippen LogP contribution < -0.4 is 9.47 Å². The van der Waals surface area contributed by atoms with Crippen molar-refractivity contribution >= 4 is 11.8 Å². The van der Waals surface area contributed by atoms with E-state index in [2.05, 4.69) is 0 Å². The summed E-state index contributed by atoms with van der Waals surface area (Å²) in [5, 5.41) is 0. The van der Waals surface area contributed by atoms with E-state index < -0.39 is 0 Å². The number of piperidine rings is 1. The predicted octanol–water partition coefficient (Wildman–Crippen LogP) is 4.59. The van der Waals surface area contributed by atoms with E-state index in [4.69, 9.17) is 14.2 Å². The van der Waals surface area contributed by atoms with Crippen molar-refractivity contribution in [2.45, 2.75) is 44.9 Å². The van der Waals surface area contributed by atoms with Gasteiger partial charge < -0.3 is 24.0 Å². The molecule has 0 unspecified atom stereocenters. The number of carbonyl (C=O) groups is 2. The number of rotatable bonds is 6. The molecule has 3 aliphatic rings. The van der Waals surface area contributed by atoms with Gasteiger partial charge >= 0.3 is 0 Å². The highest BCUT2D eigenvalue weighted by molar-refractivity contribution is 5.97. The molecule has 2 amide bonds. The first-order valence-electron chi connectivity index (χ1n) is 13.4. The van der Waals surface area contributed by atoms with Gasteiger partial charge in [0.15, 0.2) is 0 Å². The number of aryl methyl sites for hydroxylation is 1. The predicted molar refractivity (Wildman–Crippen MR) is 143 cm³/mol. The highest BCUT2D eigenvalue weighted by atomic mass is 16.5. The maximum atomic E-state index is 13.4. The van der Waals surface area contributed by atoms with Crippen LogP contribution in [0.1, 0.15) is 54.4 Å². The number of nitrogens with zero attached hydrogens (tertiary/aromatic N) is 2. The number of hydrogen-bond acceptors (Lipinski definition) is 5. The Labute approximate surface area is 220 Å². The second-order valence-electron chi connectivity index (χ2n) is 10.2. The van der Waals surface area contributed by atoms with Crippen molar-refractivity contribution in [2.75, 3.05) is 53.6 Å². The van der Waals surface area contributed by atoms with Crippen LogP contribution in [0.15, 0.2) is 48.5 Å². The lowest BCUT2D eigenvalue weighted by molar-refractivity contribution is -0.131. The molecule has 1 fully saturated rings. The van der Waals surface area contributed by atoms with Gasteiger partial charge in [0.1, 0.15) is 18.1 Å². The summed E-state index contributed by atoms with van der Waals surface area (Å²) < 4.78 is 17.2. The van der Waals surface area contributed by atoms with Gasteiger partial charge in [-0.25, -0.2) is 0 Å². The van der Waals surface area contributed by atoms with Crippen LogP contribution in [0.3, 0.4) is 0 Å². The molecule has 37 heavy (non-hydrogen) atoms. The van der Waals surface area contributed by atoms with Crippen molar-refractivity contribution in [1.29, 1.82) is 0 Å². The van der Waals surface area contributed by atoms with Gasteiger partial charge in [-0.2, -0.15) is 0 Å². The molecule has 0 saturated carbocycles. The standard InChI is InChI=1S/C30H40N2O5/c1-35-23-30-15-7-8-18-31(28(33)14-13-24-9-3-5-11-26(24)36-2)21-22-37-27-12-6-4-10-25(27)29(34)32(19-16-30)20-17-30/h3-6,9-12H,7-8,13-23H2,1-2H3. The van der Waals surface area contributed by atoms with Crippen LogP contribution >= 0.6 is 0 Å². The Morgan fingerprint density at radius 3 is 2.49 bits per heavy atom. The molecule has 0 aromatic heterocycles. The number of para-hydroxylation sites is 2. The number of amides is 2. The van der Waals surface area contributed by atoms with Crippen LogP contribution in [0.4, 0.5) is 0 Å². The third-order valence-corrected chi connectivity index (χ3v) is 7.84. The van der Waals surface area contributed by atoms with Gasteiger partial charge in [-0.05, 0) is 61.3 Å². The molecule has 1 saturated heterocycles. The summed E-state index contributed by atoms with van der Waals surface area (Å²) in [6.07, 6.45) is 5.90. The van der Waals surface area contributed by atoms with E-state index >= 15 is 0 Å². The Kier molecular flexibility index (Phi) is 9.45. The lowest BCUT2D eigenvalue weighted by Gasteiger charge is -2.41. The molecule has 0 aliphatic carbocycles. The van der Waals surface area contributed by atoms with Gasteiger partial charge in [-0.3, -0.25) is 9.59 Å². The number of carbonyl (C=O) groups excluding carboxylic acids is 2. The summed E-state index contributed by atoms with van der Waals surface area (Å²) >= 11 is 0. The molecule has 0 radical (unpaired) electrons. The third kappa shape index (κ3) is 6.83. The van der Waals surface area contributed by atoms with Gasteiger partial charge in [0.05, 0.1) is 25.8 Å². The minimum atomic E-state index is 0.0150. The Balaban J connectivity index is 1.49. The van der Waals surface area contributed by atoms with Crippen molar-refractivity contribution in [1.82, 2.24) is 9.80 Å². The maximum absolute atomic E-state index is 13.4. The van der Waals surface area contributed by atoms with Crippen molar-refractivity contribution < 1.29 is 23.8 Å². The van der Waals surface area contributed by atoms with E-state index in [0.29, 0.717) is 50.5 Å². The summed E-state index contributed by atoms with van der Waals surface area (Å²) in [5.74, 6) is 1.52. The van der Waals surface area contributed by atoms with Crippen molar-refractivity contribution in [3.05, 3.63) is 59.7 Å². The van der Waals surface area contributed by atoms with E-state index in [-0.39, 0.29) is 17.2 Å². The summed E-state index contributed by atoms with van der Waals surface area (Å²) in [6.45, 7) is 3.69. The van der Waals surface area contributed by atoms with Crippen molar-refractivity contribution in [3.63, 3.8) is 0 Å². The monoisotopic (exact) mass is 508 g/mol. The normalized spacial score (nSPS) is 18.4. The molecule has 7 nitrogen and oxygen atoms in total. The fraction of sp³-hybridized carbons (Fsp3) is 0.533. The summed E-state index contributed by atoms with van der Waals surface area (Å²) in [6, 6.07) is 15.3. The smallest absolute Gasteiger partial charge is 0.257 e. The lowest BCUT2D eigenvalue weighted by Crippen LogP contribution is -2.45. The van der Waals surface area contributed by atoms with Crippen molar-refractivity contribution in [3.8, 4) is 11.5 Å². The molecule has 0 atom stereocenters. The largest absolute Gasteiger partial charge is 0.496 e. The SMILES string of the molecule is COCC12CCCCN(C(=O)CCc3ccccc3OC)CCOc3ccccc3C(=O)N(CC1)CC2. The fourth-order valence-electron chi connectivity index (χ4n) is 5.64. The van der Waals surface area contributed by atoms with Gasteiger partial charge in [-0.1, -0.05) is 36.8 Å². The number of benzene rings is 2. The first kappa shape index (κ1) is 27.0. The first-order chi connectivity index (χ1) is 18.0. The average molecular weight is 509 g/mol. The van der Waals surface area contributed by atoms with E-state index in [1.54, 1.807) is 14.2 Å². The maximum Gasteiger partial charge on any atom is 0.257 e. The quantitative estimate of drug-likeness (QED) is 0.571. The highest BCUT2D eigenvalue weighted by Crippen LogP contribution is 2.38. The minimum Gasteiger partial charge on any atom is -0.496 e. The molecule has 0 spiro atoms. The molecule has 2 bridgehead atoms. The van der Waals surface area contributed by atoms with Crippen LogP contribution in [0.2, 0.25) is 0 Å². The van der Waals surface area contributed by atoms with E-state index in [9.17, 15) is 9.59 Å². The Hall–Kier alpha value is -3.06. The zero-order chi connectivity index (χ0) is 26.1. The second kappa shape index (κ2) is 13.0. The van der Waals surface area contributed by atoms with Gasteiger partial charge in [0, 0.05) is 33.2 Å². The summed E-state index contributed by atoms with van der Waals surface area (Å²) in [7, 11) is 3.42. The molecular weight excluding hydrogens is 468 g/mol. The molecule has 2 aromatic carbocycles. The summed E-state index contributed by atoms with van der Waals surface area (Å²) in [4.78, 5) is 30.6. The third-order valence-electron chi connectivity index (χ3n) is 7.84. The van der Waals surface area contributed by atoms with Crippen molar-refractivity contribution in [2.24, 2.45) is 5.41 Å². The number of fused-ring (bicyclic) bond motifs is 9. The number of ether oxygens (including phenoxy) is 3. The van der Waals surface area contributed by atoms with Crippen LogP contribution in [0, 0.1) is 5.41 Å². The van der Waals surface area contributed by atoms with Crippen LogP contribution in [0.5, 0.6) is 11.5 Å². The molecule has 0 N–H and O–H groups in total. The topological polar surface area (TPSA) is 68.3 Å². The van der Waals surface area contributed by atoms with Crippen LogP contribution in [0.25, 0.3) is 0 Å². The Morgan fingerprint density at radius 2 is 1.70 bits per heavy atom. The Morgan fingerprint density at radius 1 is 0.946 bits per heavy atom. The molecule has 2 aromatic rings. The Bertz CT molecular complexity index is 1050. The van der Waals surface area contributed by atoms with E-state index in [1.165, 1.54) is 0 Å². The number of hydrogen-bond donors (Lipinski definition) is 0. The lowest BCUT2D eigenvalue weighted by atomic mass is 9.75. The van der Waals surface area contributed by atoms with Crippen LogP contribution in [-0.2, 0) is 16.0 Å².